The highest BCUT2D eigenvalue weighted by molar-refractivity contribution is 5.20. The fourth-order valence-electron chi connectivity index (χ4n) is 2.49. The minimum Gasteiger partial charge on any atom is -0.491 e. The molecule has 0 radical (unpaired) electrons. The van der Waals surface area contributed by atoms with Gasteiger partial charge in [-0.3, -0.25) is 0 Å². The van der Waals surface area contributed by atoms with Gasteiger partial charge >= 0.3 is 0 Å². The lowest BCUT2D eigenvalue weighted by molar-refractivity contribution is 0.105. The van der Waals surface area contributed by atoms with Gasteiger partial charge in [0.2, 0.25) is 0 Å². The van der Waals surface area contributed by atoms with E-state index in [1.54, 1.807) is 0 Å². The Labute approximate surface area is 116 Å². The van der Waals surface area contributed by atoms with Gasteiger partial charge < -0.3 is 15.2 Å². The van der Waals surface area contributed by atoms with Crippen molar-refractivity contribution in [3.63, 3.8) is 0 Å². The molecule has 106 valence electrons. The van der Waals surface area contributed by atoms with E-state index in [0.29, 0.717) is 18.6 Å². The summed E-state index contributed by atoms with van der Waals surface area (Å²) >= 11 is 0. The molecule has 2 rings (SSSR count). The highest BCUT2D eigenvalue weighted by Crippen LogP contribution is 2.48. The summed E-state index contributed by atoms with van der Waals surface area (Å²) in [5.41, 5.74) is 0.536. The second-order valence-corrected chi connectivity index (χ2v) is 5.66. The second-order valence-electron chi connectivity index (χ2n) is 5.66. The highest BCUT2D eigenvalue weighted by atomic mass is 16.5. The molecule has 0 amide bonds. The molecule has 19 heavy (non-hydrogen) atoms. The zero-order valence-electron chi connectivity index (χ0n) is 11.8. The first-order valence-corrected chi connectivity index (χ1v) is 7.31. The van der Waals surface area contributed by atoms with E-state index >= 15 is 0 Å². The molecule has 1 aliphatic carbocycles. The molecule has 0 aliphatic heterocycles. The number of rotatable bonds is 9. The average Bonchev–Trinajstić information content (AvgIpc) is 3.18. The molecule has 3 nitrogen and oxygen atoms in total. The number of benzene rings is 1. The van der Waals surface area contributed by atoms with Gasteiger partial charge in [-0.15, -0.1) is 0 Å². The van der Waals surface area contributed by atoms with Crippen LogP contribution in [0.4, 0.5) is 0 Å². The molecule has 0 bridgehead atoms. The first-order valence-electron chi connectivity index (χ1n) is 7.31. The summed E-state index contributed by atoms with van der Waals surface area (Å²) in [4.78, 5) is 0. The second kappa shape index (κ2) is 6.92. The zero-order valence-corrected chi connectivity index (χ0v) is 11.8. The smallest absolute Gasteiger partial charge is 0.119 e. The van der Waals surface area contributed by atoms with E-state index in [1.807, 2.05) is 30.3 Å². The molecule has 3 heteroatoms. The van der Waals surface area contributed by atoms with Gasteiger partial charge in [-0.2, -0.15) is 0 Å². The molecule has 0 aromatic heterocycles. The van der Waals surface area contributed by atoms with Gasteiger partial charge in [-0.05, 0) is 36.8 Å². The lowest BCUT2D eigenvalue weighted by Crippen LogP contribution is -2.34. The van der Waals surface area contributed by atoms with E-state index in [4.69, 9.17) is 4.74 Å². The van der Waals surface area contributed by atoms with Crippen LogP contribution in [0, 0.1) is 5.41 Å². The lowest BCUT2D eigenvalue weighted by atomic mass is 10.0. The predicted octanol–water partition coefficient (Wildman–Crippen LogP) is 2.60. The Hall–Kier alpha value is -1.06. The summed E-state index contributed by atoms with van der Waals surface area (Å²) in [6.07, 6.45) is 4.78. The number of hydrogen-bond donors (Lipinski definition) is 2. The Balaban J connectivity index is 1.59. The molecule has 1 aliphatic rings. The molecular formula is C16H25NO2. The van der Waals surface area contributed by atoms with Crippen LogP contribution in [0.3, 0.4) is 0 Å². The summed E-state index contributed by atoms with van der Waals surface area (Å²) in [6.45, 7) is 4.22. The molecule has 1 saturated carbocycles. The number of aliphatic hydroxyl groups is 1. The van der Waals surface area contributed by atoms with Crippen LogP contribution in [0.1, 0.15) is 32.6 Å². The quantitative estimate of drug-likeness (QED) is 0.719. The largest absolute Gasteiger partial charge is 0.491 e. The first kappa shape index (κ1) is 14.4. The van der Waals surface area contributed by atoms with E-state index in [2.05, 4.69) is 12.2 Å². The van der Waals surface area contributed by atoms with Crippen molar-refractivity contribution >= 4 is 0 Å². The van der Waals surface area contributed by atoms with Gasteiger partial charge in [-0.1, -0.05) is 31.5 Å². The van der Waals surface area contributed by atoms with Crippen LogP contribution < -0.4 is 10.1 Å². The Bertz CT molecular complexity index is 362. The first-order chi connectivity index (χ1) is 9.24. The standard InChI is InChI=1S/C16H25NO2/c1-2-8-16(9-10-16)13-17-11-14(18)12-19-15-6-4-3-5-7-15/h3-7,14,17-18H,2,8-13H2,1H3. The number of para-hydroxylation sites is 1. The van der Waals surface area contributed by atoms with E-state index in [0.717, 1.165) is 12.3 Å². The maximum absolute atomic E-state index is 9.87. The van der Waals surface area contributed by atoms with Crippen molar-refractivity contribution in [2.45, 2.75) is 38.7 Å². The van der Waals surface area contributed by atoms with Gasteiger partial charge in [0.05, 0.1) is 0 Å². The van der Waals surface area contributed by atoms with E-state index in [9.17, 15) is 5.11 Å². The minimum atomic E-state index is -0.447. The maximum atomic E-state index is 9.87. The number of aliphatic hydroxyl groups excluding tert-OH is 1. The Morgan fingerprint density at radius 3 is 2.68 bits per heavy atom. The zero-order chi connectivity index (χ0) is 13.6. The van der Waals surface area contributed by atoms with Gasteiger partial charge in [0.15, 0.2) is 0 Å². The minimum absolute atomic E-state index is 0.345. The Morgan fingerprint density at radius 2 is 2.05 bits per heavy atom. The normalized spacial score (nSPS) is 18.0. The predicted molar refractivity (Wildman–Crippen MR) is 77.4 cm³/mol. The van der Waals surface area contributed by atoms with Crippen LogP contribution in [0.25, 0.3) is 0 Å². The number of hydrogen-bond acceptors (Lipinski definition) is 3. The fraction of sp³-hybridized carbons (Fsp3) is 0.625. The van der Waals surface area contributed by atoms with Crippen LogP contribution in [0.15, 0.2) is 30.3 Å². The van der Waals surface area contributed by atoms with E-state index in [-0.39, 0.29) is 0 Å². The van der Waals surface area contributed by atoms with E-state index in [1.165, 1.54) is 25.7 Å². The third-order valence-electron chi connectivity index (χ3n) is 3.80. The van der Waals surface area contributed by atoms with Crippen molar-refractivity contribution < 1.29 is 9.84 Å². The molecule has 0 saturated heterocycles. The molecular weight excluding hydrogens is 238 g/mol. The van der Waals surface area contributed by atoms with Crippen LogP contribution in [-0.4, -0.2) is 30.9 Å². The summed E-state index contributed by atoms with van der Waals surface area (Å²) < 4.78 is 5.52. The van der Waals surface area contributed by atoms with Crippen LogP contribution in [0.2, 0.25) is 0 Å². The van der Waals surface area contributed by atoms with Gasteiger partial charge in [0.1, 0.15) is 18.5 Å². The van der Waals surface area contributed by atoms with Gasteiger partial charge in [0, 0.05) is 13.1 Å². The monoisotopic (exact) mass is 263 g/mol. The van der Waals surface area contributed by atoms with Crippen molar-refractivity contribution in [3.8, 4) is 5.75 Å². The van der Waals surface area contributed by atoms with Crippen molar-refractivity contribution in [2.24, 2.45) is 5.41 Å². The summed E-state index contributed by atoms with van der Waals surface area (Å²) in [7, 11) is 0. The molecule has 1 unspecified atom stereocenters. The third-order valence-corrected chi connectivity index (χ3v) is 3.80. The van der Waals surface area contributed by atoms with Crippen LogP contribution >= 0.6 is 0 Å². The van der Waals surface area contributed by atoms with Crippen LogP contribution in [0.5, 0.6) is 5.75 Å². The fourth-order valence-corrected chi connectivity index (χ4v) is 2.49. The third kappa shape index (κ3) is 4.84. The SMILES string of the molecule is CCCC1(CNCC(O)COc2ccccc2)CC1. The summed E-state index contributed by atoms with van der Waals surface area (Å²) in [6, 6.07) is 9.62. The molecule has 1 fully saturated rings. The van der Waals surface area contributed by atoms with Crippen molar-refractivity contribution in [2.75, 3.05) is 19.7 Å². The van der Waals surface area contributed by atoms with E-state index < -0.39 is 6.10 Å². The van der Waals surface area contributed by atoms with Crippen molar-refractivity contribution in [3.05, 3.63) is 30.3 Å². The molecule has 1 aromatic carbocycles. The van der Waals surface area contributed by atoms with Gasteiger partial charge in [-0.25, -0.2) is 0 Å². The number of nitrogens with one attached hydrogen (secondary N) is 1. The van der Waals surface area contributed by atoms with Crippen molar-refractivity contribution in [1.82, 2.24) is 5.32 Å². The molecule has 1 aromatic rings. The maximum Gasteiger partial charge on any atom is 0.119 e. The molecule has 0 spiro atoms. The summed E-state index contributed by atoms with van der Waals surface area (Å²) in [5.74, 6) is 0.811. The Kier molecular flexibility index (Phi) is 5.23. The average molecular weight is 263 g/mol. The summed E-state index contributed by atoms with van der Waals surface area (Å²) in [5, 5.41) is 13.2. The van der Waals surface area contributed by atoms with Crippen LogP contribution in [-0.2, 0) is 0 Å². The highest BCUT2D eigenvalue weighted by Gasteiger charge is 2.40. The molecule has 0 heterocycles. The van der Waals surface area contributed by atoms with Crippen molar-refractivity contribution in [1.29, 1.82) is 0 Å². The Morgan fingerprint density at radius 1 is 1.32 bits per heavy atom. The number of ether oxygens (including phenoxy) is 1. The topological polar surface area (TPSA) is 41.5 Å². The lowest BCUT2D eigenvalue weighted by Gasteiger charge is -2.17. The molecule has 2 N–H and O–H groups in total. The molecule has 1 atom stereocenters. The van der Waals surface area contributed by atoms with Gasteiger partial charge in [0.25, 0.3) is 0 Å².